The number of aromatic nitrogens is 1. The van der Waals surface area contributed by atoms with Crippen LogP contribution in [0.5, 0.6) is 0 Å². The van der Waals surface area contributed by atoms with E-state index in [9.17, 15) is 0 Å². The van der Waals surface area contributed by atoms with Crippen molar-refractivity contribution in [2.24, 2.45) is 0 Å². The third-order valence-corrected chi connectivity index (χ3v) is 3.93. The molecule has 0 fully saturated rings. The summed E-state index contributed by atoms with van der Waals surface area (Å²) in [7, 11) is 0. The Hall–Kier alpha value is -1.23. The van der Waals surface area contributed by atoms with Crippen LogP contribution in [0, 0.1) is 13.8 Å². The Morgan fingerprint density at radius 3 is 2.61 bits per heavy atom. The molecule has 0 aliphatic rings. The van der Waals surface area contributed by atoms with Crippen LogP contribution in [0.15, 0.2) is 30.3 Å². The minimum atomic E-state index is 0.167. The van der Waals surface area contributed by atoms with E-state index in [1.165, 1.54) is 4.88 Å². The molecular formula is C14H18N2OS. The number of benzene rings is 1. The molecule has 0 radical (unpaired) electrons. The minimum Gasteiger partial charge on any atom is -0.296 e. The Balaban J connectivity index is 1.85. The first kappa shape index (κ1) is 13.2. The molecule has 0 bridgehead atoms. The van der Waals surface area contributed by atoms with Crippen LogP contribution >= 0.6 is 11.3 Å². The zero-order chi connectivity index (χ0) is 13.0. The third kappa shape index (κ3) is 3.38. The zero-order valence-corrected chi connectivity index (χ0v) is 11.8. The van der Waals surface area contributed by atoms with Crippen LogP contribution < -0.4 is 5.48 Å². The fraction of sp³-hybridized carbons (Fsp3) is 0.357. The van der Waals surface area contributed by atoms with E-state index in [1.54, 1.807) is 11.3 Å². The Bertz CT molecular complexity index is 496. The molecule has 0 spiro atoms. The van der Waals surface area contributed by atoms with E-state index in [0.717, 1.165) is 16.3 Å². The highest BCUT2D eigenvalue weighted by Crippen LogP contribution is 2.24. The summed E-state index contributed by atoms with van der Waals surface area (Å²) in [5.74, 6) is 0. The normalized spacial score (nSPS) is 12.6. The summed E-state index contributed by atoms with van der Waals surface area (Å²) >= 11 is 1.72. The molecule has 0 saturated heterocycles. The highest BCUT2D eigenvalue weighted by atomic mass is 32.1. The van der Waals surface area contributed by atoms with Gasteiger partial charge in [0.15, 0.2) is 0 Å². The van der Waals surface area contributed by atoms with Gasteiger partial charge in [0.25, 0.3) is 0 Å². The number of nitrogens with one attached hydrogen (secondary N) is 1. The van der Waals surface area contributed by atoms with Gasteiger partial charge in [0, 0.05) is 4.88 Å². The Labute approximate surface area is 112 Å². The molecule has 0 saturated carbocycles. The molecule has 2 rings (SSSR count). The molecule has 0 aliphatic heterocycles. The molecule has 4 heteroatoms. The Morgan fingerprint density at radius 1 is 1.28 bits per heavy atom. The van der Waals surface area contributed by atoms with E-state index in [-0.39, 0.29) is 6.04 Å². The highest BCUT2D eigenvalue weighted by molar-refractivity contribution is 7.11. The fourth-order valence-electron chi connectivity index (χ4n) is 1.83. The van der Waals surface area contributed by atoms with Crippen molar-refractivity contribution in [3.8, 4) is 0 Å². The number of nitrogens with zero attached hydrogens (tertiary/aromatic N) is 1. The van der Waals surface area contributed by atoms with Gasteiger partial charge in [-0.25, -0.2) is 4.98 Å². The monoisotopic (exact) mass is 262 g/mol. The van der Waals surface area contributed by atoms with Gasteiger partial charge in [-0.1, -0.05) is 30.3 Å². The first-order valence-corrected chi connectivity index (χ1v) is 6.83. The van der Waals surface area contributed by atoms with Gasteiger partial charge in [-0.05, 0) is 26.3 Å². The third-order valence-electron chi connectivity index (χ3n) is 2.67. The van der Waals surface area contributed by atoms with Crippen molar-refractivity contribution >= 4 is 11.3 Å². The van der Waals surface area contributed by atoms with Crippen molar-refractivity contribution in [1.82, 2.24) is 10.5 Å². The Kier molecular flexibility index (Phi) is 4.47. The summed E-state index contributed by atoms with van der Waals surface area (Å²) in [5.41, 5.74) is 5.32. The average molecular weight is 262 g/mol. The number of rotatable bonds is 5. The molecule has 2 aromatic rings. The molecule has 18 heavy (non-hydrogen) atoms. The maximum atomic E-state index is 5.53. The van der Waals surface area contributed by atoms with Crippen LogP contribution in [0.4, 0.5) is 0 Å². The molecule has 1 N–H and O–H groups in total. The van der Waals surface area contributed by atoms with E-state index in [2.05, 4.69) is 29.5 Å². The first-order valence-electron chi connectivity index (χ1n) is 6.02. The van der Waals surface area contributed by atoms with E-state index in [1.807, 2.05) is 32.0 Å². The van der Waals surface area contributed by atoms with E-state index in [4.69, 9.17) is 4.84 Å². The SMILES string of the molecule is Cc1nc(C)c(C(C)NOCc2ccccc2)s1. The lowest BCUT2D eigenvalue weighted by Gasteiger charge is -2.12. The van der Waals surface area contributed by atoms with Crippen molar-refractivity contribution in [1.29, 1.82) is 0 Å². The molecule has 1 atom stereocenters. The molecular weight excluding hydrogens is 244 g/mol. The maximum Gasteiger partial charge on any atom is 0.0933 e. The molecule has 1 unspecified atom stereocenters. The average Bonchev–Trinajstić information content (AvgIpc) is 2.70. The van der Waals surface area contributed by atoms with Crippen LogP contribution in [-0.4, -0.2) is 4.98 Å². The van der Waals surface area contributed by atoms with Crippen molar-refractivity contribution in [2.45, 2.75) is 33.4 Å². The van der Waals surface area contributed by atoms with Crippen LogP contribution in [0.3, 0.4) is 0 Å². The molecule has 1 aromatic carbocycles. The molecule has 0 amide bonds. The summed E-state index contributed by atoms with van der Waals surface area (Å²) in [6.45, 7) is 6.72. The van der Waals surface area contributed by atoms with Crippen LogP contribution in [0.2, 0.25) is 0 Å². The molecule has 3 nitrogen and oxygen atoms in total. The van der Waals surface area contributed by atoms with Gasteiger partial charge in [0.2, 0.25) is 0 Å². The van der Waals surface area contributed by atoms with E-state index in [0.29, 0.717) is 6.61 Å². The van der Waals surface area contributed by atoms with Gasteiger partial charge in [-0.15, -0.1) is 11.3 Å². The first-order chi connectivity index (χ1) is 8.66. The van der Waals surface area contributed by atoms with Gasteiger partial charge in [-0.2, -0.15) is 5.48 Å². The number of hydrogen-bond acceptors (Lipinski definition) is 4. The second-order valence-corrected chi connectivity index (χ2v) is 5.53. The quantitative estimate of drug-likeness (QED) is 0.837. The Morgan fingerprint density at radius 2 is 2.00 bits per heavy atom. The van der Waals surface area contributed by atoms with Gasteiger partial charge in [0.05, 0.1) is 23.4 Å². The predicted octanol–water partition coefficient (Wildman–Crippen LogP) is 3.54. The summed E-state index contributed by atoms with van der Waals surface area (Å²) in [4.78, 5) is 11.2. The van der Waals surface area contributed by atoms with E-state index < -0.39 is 0 Å². The number of thiazole rings is 1. The largest absolute Gasteiger partial charge is 0.296 e. The standard InChI is InChI=1S/C14H18N2OS/c1-10-14(18-12(3)15-10)11(2)16-17-9-13-7-5-4-6-8-13/h4-8,11,16H,9H2,1-3H3. The lowest BCUT2D eigenvalue weighted by molar-refractivity contribution is 0.00755. The minimum absolute atomic E-state index is 0.167. The lowest BCUT2D eigenvalue weighted by Crippen LogP contribution is -2.18. The number of hydroxylamine groups is 1. The second-order valence-electron chi connectivity index (χ2n) is 4.30. The fourth-order valence-corrected chi connectivity index (χ4v) is 2.75. The molecule has 1 heterocycles. The number of aryl methyl sites for hydroxylation is 2. The molecule has 0 aliphatic carbocycles. The summed E-state index contributed by atoms with van der Waals surface area (Å²) in [6, 6.07) is 10.3. The molecule has 1 aromatic heterocycles. The van der Waals surface area contributed by atoms with Crippen LogP contribution in [0.1, 0.15) is 34.1 Å². The number of hydrogen-bond donors (Lipinski definition) is 1. The van der Waals surface area contributed by atoms with Gasteiger partial charge in [-0.3, -0.25) is 4.84 Å². The van der Waals surface area contributed by atoms with Crippen molar-refractivity contribution < 1.29 is 4.84 Å². The van der Waals surface area contributed by atoms with Crippen molar-refractivity contribution in [3.05, 3.63) is 51.5 Å². The molecule has 96 valence electrons. The van der Waals surface area contributed by atoms with Crippen molar-refractivity contribution in [2.75, 3.05) is 0 Å². The van der Waals surface area contributed by atoms with Gasteiger partial charge in [0.1, 0.15) is 0 Å². The van der Waals surface area contributed by atoms with Gasteiger partial charge >= 0.3 is 0 Å². The predicted molar refractivity (Wildman–Crippen MR) is 74.4 cm³/mol. The van der Waals surface area contributed by atoms with Crippen molar-refractivity contribution in [3.63, 3.8) is 0 Å². The summed E-state index contributed by atoms with van der Waals surface area (Å²) < 4.78 is 0. The zero-order valence-electron chi connectivity index (χ0n) is 10.9. The summed E-state index contributed by atoms with van der Waals surface area (Å²) in [6.07, 6.45) is 0. The maximum absolute atomic E-state index is 5.53. The second kappa shape index (κ2) is 6.09. The topological polar surface area (TPSA) is 34.2 Å². The van der Waals surface area contributed by atoms with Gasteiger partial charge < -0.3 is 0 Å². The van der Waals surface area contributed by atoms with Crippen LogP contribution in [-0.2, 0) is 11.4 Å². The highest BCUT2D eigenvalue weighted by Gasteiger charge is 2.12. The van der Waals surface area contributed by atoms with E-state index >= 15 is 0 Å². The lowest BCUT2D eigenvalue weighted by atomic mass is 10.2. The summed E-state index contributed by atoms with van der Waals surface area (Å²) in [5, 5.41) is 1.10. The smallest absolute Gasteiger partial charge is 0.0933 e. The van der Waals surface area contributed by atoms with Crippen LogP contribution in [0.25, 0.3) is 0 Å².